The molecule has 0 radical (unpaired) electrons. The molecule has 0 fully saturated rings. The maximum atomic E-state index is 13.4. The van der Waals surface area contributed by atoms with Gasteiger partial charge in [-0.3, -0.25) is 10.1 Å². The summed E-state index contributed by atoms with van der Waals surface area (Å²) in [5.74, 6) is -0.254. The molecule has 2 nitrogen and oxygen atoms in total. The van der Waals surface area contributed by atoms with Gasteiger partial charge in [-0.2, -0.15) is 0 Å². The zero-order chi connectivity index (χ0) is 23.3. The van der Waals surface area contributed by atoms with Crippen LogP contribution in [0.3, 0.4) is 0 Å². The summed E-state index contributed by atoms with van der Waals surface area (Å²) in [6.07, 6.45) is 0. The lowest BCUT2D eigenvalue weighted by atomic mass is 10.1. The van der Waals surface area contributed by atoms with E-state index in [2.05, 4.69) is 41.7 Å². The molecule has 0 saturated heterocycles. The van der Waals surface area contributed by atoms with E-state index in [1.54, 1.807) is 12.1 Å². The number of amides is 1. The van der Waals surface area contributed by atoms with Crippen molar-refractivity contribution in [2.24, 2.45) is 0 Å². The molecular weight excluding hydrogens is 595 g/mol. The van der Waals surface area contributed by atoms with Crippen molar-refractivity contribution in [3.8, 4) is 0 Å². The number of aryl methyl sites for hydroxylation is 1. The third kappa shape index (κ3) is 5.39. The van der Waals surface area contributed by atoms with E-state index in [-0.39, 0.29) is 34.4 Å². The Morgan fingerprint density at radius 2 is 1.03 bits per heavy atom. The molecule has 0 spiro atoms. The van der Waals surface area contributed by atoms with Crippen molar-refractivity contribution in [2.75, 3.05) is 0 Å². The molecule has 4 aromatic rings. The monoisotopic (exact) mass is 617 g/mol. The van der Waals surface area contributed by atoms with Gasteiger partial charge < -0.3 is 24.0 Å². The molecule has 34 heavy (non-hydrogen) atoms. The summed E-state index contributed by atoms with van der Waals surface area (Å²) < 4.78 is 0.0420. The van der Waals surface area contributed by atoms with Crippen LogP contribution in [0.2, 0.25) is 0 Å². The predicted octanol–water partition coefficient (Wildman–Crippen LogP) is 3.33. The topological polar surface area (TPSA) is 29.1 Å². The molecule has 1 N–H and O–H groups in total. The highest BCUT2D eigenvalue weighted by atomic mass is 127. The quantitative estimate of drug-likeness (QED) is 0.261. The minimum absolute atomic E-state index is 0. The van der Waals surface area contributed by atoms with Gasteiger partial charge in [0.15, 0.2) is 11.8 Å². The van der Waals surface area contributed by atoms with E-state index in [0.717, 1.165) is 21.5 Å². The van der Waals surface area contributed by atoms with Crippen LogP contribution in [0.5, 0.6) is 0 Å². The van der Waals surface area contributed by atoms with Gasteiger partial charge in [-0.25, -0.2) is 0 Å². The molecule has 0 saturated carbocycles. The van der Waals surface area contributed by atoms with Crippen molar-refractivity contribution in [1.29, 1.82) is 0 Å². The van der Waals surface area contributed by atoms with Gasteiger partial charge in [-0.1, -0.05) is 95.5 Å². The smallest absolute Gasteiger partial charge is 0.258 e. The normalized spacial score (nSPS) is 10.7. The molecule has 0 aromatic heterocycles. The molecule has 0 aliphatic carbocycles. The van der Waals surface area contributed by atoms with Crippen molar-refractivity contribution < 1.29 is 28.8 Å². The number of benzene rings is 4. The Bertz CT molecular complexity index is 1160. The first-order chi connectivity index (χ1) is 16.0. The molecule has 0 atom stereocenters. The minimum atomic E-state index is -2.62. The Morgan fingerprint density at radius 3 is 1.38 bits per heavy atom. The first-order valence-electron chi connectivity index (χ1n) is 10.5. The number of carbonyl (C=O) groups excluding carboxylic acids is 1. The fourth-order valence-electron chi connectivity index (χ4n) is 3.93. The summed E-state index contributed by atoms with van der Waals surface area (Å²) in [5, 5.41) is 6.24. The highest BCUT2D eigenvalue weighted by Gasteiger charge is 2.52. The maximum absolute atomic E-state index is 13.4. The molecule has 0 bridgehead atoms. The first-order valence-corrected chi connectivity index (χ1v) is 13.1. The van der Waals surface area contributed by atoms with Gasteiger partial charge in [0, 0.05) is 5.56 Å². The van der Waals surface area contributed by atoms with Gasteiger partial charge in [0.1, 0.15) is 15.9 Å². The third-order valence-electron chi connectivity index (χ3n) is 5.49. The van der Waals surface area contributed by atoms with Crippen molar-refractivity contribution in [1.82, 2.24) is 5.32 Å². The van der Waals surface area contributed by atoms with E-state index >= 15 is 0 Å². The Kier molecular flexibility index (Phi) is 9.32. The van der Waals surface area contributed by atoms with Gasteiger partial charge in [0.05, 0.1) is 0 Å². The van der Waals surface area contributed by atoms with Crippen LogP contribution in [0.1, 0.15) is 15.9 Å². The summed E-state index contributed by atoms with van der Waals surface area (Å²) in [7, 11) is -2.62. The van der Waals surface area contributed by atoms with Crippen LogP contribution in [0.15, 0.2) is 125 Å². The maximum Gasteiger partial charge on any atom is 0.258 e. The molecular formula is C28H23Cl2INOP. The van der Waals surface area contributed by atoms with E-state index in [1.165, 1.54) is 0 Å². The Labute approximate surface area is 228 Å². The number of hydrogen-bond acceptors (Lipinski definition) is 1. The zero-order valence-corrected chi connectivity index (χ0v) is 23.0. The van der Waals surface area contributed by atoms with Gasteiger partial charge >= 0.3 is 0 Å². The second kappa shape index (κ2) is 12.0. The van der Waals surface area contributed by atoms with Gasteiger partial charge in [0.2, 0.25) is 5.44 Å². The standard InChI is InChI=1S/C28H22Cl2NOP.HI/c1-21-17-19-22(20-18-21)27(32)31-28(26(29)30)33(23-11-5-2-6-12-23,24-13-7-3-8-14-24)25-15-9-4-10-16-25;/h2-20H,1H3;1H. The number of halogens is 3. The van der Waals surface area contributed by atoms with E-state index in [0.29, 0.717) is 11.0 Å². The zero-order valence-electron chi connectivity index (χ0n) is 18.5. The molecule has 0 heterocycles. The molecule has 0 unspecified atom stereocenters. The number of hydrogen-bond donors (Lipinski definition) is 1. The second-order valence-corrected chi connectivity index (χ2v) is 11.9. The average Bonchev–Trinajstić information content (AvgIpc) is 2.86. The summed E-state index contributed by atoms with van der Waals surface area (Å²) in [5.41, 5.74) is 2.14. The van der Waals surface area contributed by atoms with E-state index < -0.39 is 7.26 Å². The average molecular weight is 618 g/mol. The van der Waals surface area contributed by atoms with Crippen LogP contribution in [0.25, 0.3) is 0 Å². The highest BCUT2D eigenvalue weighted by molar-refractivity contribution is 7.99. The minimum Gasteiger partial charge on any atom is -1.00 e. The largest absolute Gasteiger partial charge is 1.00 e. The van der Waals surface area contributed by atoms with Crippen molar-refractivity contribution >= 4 is 52.3 Å². The Hall–Kier alpha value is -2.17. The fourth-order valence-corrected chi connectivity index (χ4v) is 8.84. The van der Waals surface area contributed by atoms with Crippen molar-refractivity contribution in [3.05, 3.63) is 136 Å². The molecule has 1 amide bonds. The predicted molar refractivity (Wildman–Crippen MR) is 143 cm³/mol. The lowest BCUT2D eigenvalue weighted by Crippen LogP contribution is -3.00. The molecule has 0 aliphatic heterocycles. The summed E-state index contributed by atoms with van der Waals surface area (Å²) >= 11 is 13.2. The summed E-state index contributed by atoms with van der Waals surface area (Å²) in [4.78, 5) is 13.4. The van der Waals surface area contributed by atoms with E-state index in [1.807, 2.05) is 73.7 Å². The fraction of sp³-hybridized carbons (Fsp3) is 0.0357. The molecule has 6 heteroatoms. The van der Waals surface area contributed by atoms with E-state index in [4.69, 9.17) is 23.2 Å². The lowest BCUT2D eigenvalue weighted by molar-refractivity contribution is -0.0000146. The third-order valence-corrected chi connectivity index (χ3v) is 10.4. The first kappa shape index (κ1) is 26.4. The van der Waals surface area contributed by atoms with Crippen molar-refractivity contribution in [2.45, 2.75) is 6.92 Å². The van der Waals surface area contributed by atoms with Crippen LogP contribution < -0.4 is 45.2 Å². The summed E-state index contributed by atoms with van der Waals surface area (Å²) in [6, 6.07) is 37.8. The van der Waals surface area contributed by atoms with Gasteiger partial charge in [-0.15, -0.1) is 0 Å². The molecule has 172 valence electrons. The molecule has 0 aliphatic rings. The molecule has 4 rings (SSSR count). The van der Waals surface area contributed by atoms with Gasteiger partial charge in [-0.05, 0) is 55.5 Å². The second-order valence-electron chi connectivity index (χ2n) is 7.61. The molecule has 4 aromatic carbocycles. The Morgan fingerprint density at radius 1 is 0.647 bits per heavy atom. The highest BCUT2D eigenvalue weighted by Crippen LogP contribution is 2.63. The number of rotatable bonds is 6. The lowest BCUT2D eigenvalue weighted by Gasteiger charge is -2.29. The van der Waals surface area contributed by atoms with Gasteiger partial charge in [0.25, 0.3) is 5.91 Å². The van der Waals surface area contributed by atoms with Crippen LogP contribution in [-0.2, 0) is 0 Å². The Balaban J connectivity index is 0.00000324. The van der Waals surface area contributed by atoms with E-state index in [9.17, 15) is 4.79 Å². The van der Waals surface area contributed by atoms with Crippen LogP contribution in [0, 0.1) is 6.92 Å². The van der Waals surface area contributed by atoms with Crippen LogP contribution in [-0.4, -0.2) is 5.91 Å². The van der Waals surface area contributed by atoms with Crippen molar-refractivity contribution in [3.63, 3.8) is 0 Å². The summed E-state index contributed by atoms with van der Waals surface area (Å²) in [6.45, 7) is 1.99. The van der Waals surface area contributed by atoms with Crippen LogP contribution in [0.4, 0.5) is 0 Å². The number of carbonyl (C=O) groups is 1. The SMILES string of the molecule is Cc1ccc(C(=O)NC(=C(Cl)Cl)[P+](c2ccccc2)(c2ccccc2)c2ccccc2)cc1.[I-]. The number of nitrogens with one attached hydrogen (secondary N) is 1. The van der Waals surface area contributed by atoms with Crippen LogP contribution >= 0.6 is 30.5 Å².